The highest BCUT2D eigenvalue weighted by Gasteiger charge is 2.43. The third-order valence-corrected chi connectivity index (χ3v) is 2.49. The van der Waals surface area contributed by atoms with Crippen LogP contribution in [-0.2, 0) is 11.8 Å². The fourth-order valence-corrected chi connectivity index (χ4v) is 1.43. The Hall–Kier alpha value is -1.10. The molecule has 82 valence electrons. The Kier molecular flexibility index (Phi) is 2.05. The third kappa shape index (κ3) is 1.97. The lowest BCUT2D eigenvalue weighted by molar-refractivity contribution is -0.137. The third-order valence-electron chi connectivity index (χ3n) is 2.49. The van der Waals surface area contributed by atoms with E-state index in [0.717, 1.165) is 12.1 Å². The Labute approximate surface area is 83.3 Å². The van der Waals surface area contributed by atoms with Crippen molar-refractivity contribution in [3.63, 3.8) is 0 Å². The maximum absolute atomic E-state index is 12.9. The van der Waals surface area contributed by atoms with Crippen LogP contribution in [0.25, 0.3) is 0 Å². The number of rotatable bonds is 1. The highest BCUT2D eigenvalue weighted by molar-refractivity contribution is 5.33. The Balaban J connectivity index is 2.46. The van der Waals surface area contributed by atoms with Gasteiger partial charge in [-0.3, -0.25) is 0 Å². The average molecular weight is 220 g/mol. The summed E-state index contributed by atoms with van der Waals surface area (Å²) in [6.45, 7) is 0. The Morgan fingerprint density at radius 2 is 1.73 bits per heavy atom. The van der Waals surface area contributed by atoms with Gasteiger partial charge in [0.05, 0.1) is 11.2 Å². The van der Waals surface area contributed by atoms with E-state index in [1.54, 1.807) is 0 Å². The minimum Gasteiger partial charge on any atom is -0.385 e. The van der Waals surface area contributed by atoms with E-state index in [1.807, 2.05) is 0 Å². The van der Waals surface area contributed by atoms with Gasteiger partial charge in [-0.25, -0.2) is 4.39 Å². The largest absolute Gasteiger partial charge is 0.416 e. The molecule has 0 aliphatic heterocycles. The topological polar surface area (TPSA) is 20.2 Å². The van der Waals surface area contributed by atoms with Crippen LogP contribution < -0.4 is 0 Å². The van der Waals surface area contributed by atoms with Gasteiger partial charge in [-0.15, -0.1) is 0 Å². The first-order valence-corrected chi connectivity index (χ1v) is 4.42. The molecule has 2 rings (SSSR count). The molecule has 0 heterocycles. The molecule has 1 saturated carbocycles. The number of hydrogen-bond donors (Lipinski definition) is 1. The van der Waals surface area contributed by atoms with Crippen molar-refractivity contribution in [2.45, 2.75) is 24.6 Å². The minimum absolute atomic E-state index is 0.00910. The lowest BCUT2D eigenvalue weighted by Gasteiger charge is -2.12. The average Bonchev–Trinajstić information content (AvgIpc) is 2.82. The van der Waals surface area contributed by atoms with Crippen molar-refractivity contribution in [1.29, 1.82) is 0 Å². The van der Waals surface area contributed by atoms with Crippen LogP contribution in [-0.4, -0.2) is 5.11 Å². The summed E-state index contributed by atoms with van der Waals surface area (Å²) in [4.78, 5) is 0. The Morgan fingerprint density at radius 1 is 1.13 bits per heavy atom. The van der Waals surface area contributed by atoms with Crippen molar-refractivity contribution in [1.82, 2.24) is 0 Å². The molecule has 1 aromatic carbocycles. The predicted octanol–water partition coefficient (Wildman–Crippen LogP) is 2.83. The summed E-state index contributed by atoms with van der Waals surface area (Å²) in [5, 5.41) is 9.58. The smallest absolute Gasteiger partial charge is 0.385 e. The van der Waals surface area contributed by atoms with Crippen LogP contribution in [0.5, 0.6) is 0 Å². The summed E-state index contributed by atoms with van der Waals surface area (Å²) in [6, 6.07) is 2.17. The molecule has 1 nitrogen and oxygen atoms in total. The van der Waals surface area contributed by atoms with Crippen molar-refractivity contribution in [3.8, 4) is 0 Å². The van der Waals surface area contributed by atoms with Crippen molar-refractivity contribution < 1.29 is 22.7 Å². The van der Waals surface area contributed by atoms with Gasteiger partial charge in [0.25, 0.3) is 0 Å². The van der Waals surface area contributed by atoms with E-state index in [2.05, 4.69) is 0 Å². The van der Waals surface area contributed by atoms with Crippen LogP contribution in [0.4, 0.5) is 17.6 Å². The summed E-state index contributed by atoms with van der Waals surface area (Å²) in [6.07, 6.45) is -3.82. The molecule has 0 unspecified atom stereocenters. The minimum atomic E-state index is -4.58. The Morgan fingerprint density at radius 3 is 2.20 bits per heavy atom. The van der Waals surface area contributed by atoms with E-state index < -0.39 is 23.2 Å². The molecule has 15 heavy (non-hydrogen) atoms. The number of benzene rings is 1. The highest BCUT2D eigenvalue weighted by Crippen LogP contribution is 2.46. The van der Waals surface area contributed by atoms with Crippen LogP contribution >= 0.6 is 0 Å². The van der Waals surface area contributed by atoms with E-state index in [-0.39, 0.29) is 5.56 Å². The number of hydrogen-bond acceptors (Lipinski definition) is 1. The van der Waals surface area contributed by atoms with Crippen LogP contribution in [0.3, 0.4) is 0 Å². The van der Waals surface area contributed by atoms with Crippen LogP contribution in [0.2, 0.25) is 0 Å². The molecule has 0 radical (unpaired) electrons. The molecule has 5 heteroatoms. The molecule has 0 bridgehead atoms. The lowest BCUT2D eigenvalue weighted by atomic mass is 10.0. The van der Waals surface area contributed by atoms with Gasteiger partial charge in [0.2, 0.25) is 0 Å². The standard InChI is InChI=1S/C10H8F4O/c11-8-4-6(9(15)1-2-9)3-7(5-8)10(12,13)14/h3-5,15H,1-2H2. The van der Waals surface area contributed by atoms with E-state index in [1.165, 1.54) is 0 Å². The van der Waals surface area contributed by atoms with E-state index >= 15 is 0 Å². The van der Waals surface area contributed by atoms with Crippen LogP contribution in [0.15, 0.2) is 18.2 Å². The molecule has 0 spiro atoms. The molecule has 1 N–H and O–H groups in total. The first-order chi connectivity index (χ1) is 6.81. The van der Waals surface area contributed by atoms with Gasteiger partial charge < -0.3 is 5.11 Å². The van der Waals surface area contributed by atoms with Gasteiger partial charge in [-0.05, 0) is 36.6 Å². The van der Waals surface area contributed by atoms with Gasteiger partial charge >= 0.3 is 6.18 Å². The van der Waals surface area contributed by atoms with Crippen molar-refractivity contribution in [2.75, 3.05) is 0 Å². The number of alkyl halides is 3. The summed E-state index contributed by atoms with van der Waals surface area (Å²) in [7, 11) is 0. The van der Waals surface area contributed by atoms with Gasteiger partial charge in [-0.2, -0.15) is 13.2 Å². The molecule has 1 aliphatic carbocycles. The fraction of sp³-hybridized carbons (Fsp3) is 0.400. The molecule has 0 amide bonds. The second-order valence-electron chi connectivity index (χ2n) is 3.76. The monoisotopic (exact) mass is 220 g/mol. The lowest BCUT2D eigenvalue weighted by Crippen LogP contribution is -2.10. The van der Waals surface area contributed by atoms with Crippen molar-refractivity contribution >= 4 is 0 Å². The second kappa shape index (κ2) is 2.95. The summed E-state index contributed by atoms with van der Waals surface area (Å²) < 4.78 is 49.8. The first kappa shape index (κ1) is 10.4. The first-order valence-electron chi connectivity index (χ1n) is 4.42. The van der Waals surface area contributed by atoms with Crippen LogP contribution in [0, 0.1) is 5.82 Å². The highest BCUT2D eigenvalue weighted by atomic mass is 19.4. The fourth-order valence-electron chi connectivity index (χ4n) is 1.43. The maximum atomic E-state index is 12.9. The molecule has 0 saturated heterocycles. The van der Waals surface area contributed by atoms with Crippen LogP contribution in [0.1, 0.15) is 24.0 Å². The number of aliphatic hydroxyl groups is 1. The zero-order valence-corrected chi connectivity index (χ0v) is 7.61. The van der Waals surface area contributed by atoms with Gasteiger partial charge in [-0.1, -0.05) is 0 Å². The van der Waals surface area contributed by atoms with E-state index in [4.69, 9.17) is 0 Å². The van der Waals surface area contributed by atoms with Crippen molar-refractivity contribution in [2.24, 2.45) is 0 Å². The van der Waals surface area contributed by atoms with Crippen molar-refractivity contribution in [3.05, 3.63) is 35.1 Å². The molecule has 0 aromatic heterocycles. The van der Waals surface area contributed by atoms with Gasteiger partial charge in [0, 0.05) is 0 Å². The van der Waals surface area contributed by atoms with Gasteiger partial charge in [0.1, 0.15) is 5.82 Å². The molecular weight excluding hydrogens is 212 g/mol. The summed E-state index contributed by atoms with van der Waals surface area (Å²) in [5.41, 5.74) is -2.30. The normalized spacial score (nSPS) is 19.0. The zero-order chi connectivity index (χ0) is 11.3. The molecule has 1 aliphatic rings. The molecule has 0 atom stereocenters. The van der Waals surface area contributed by atoms with Gasteiger partial charge in [0.15, 0.2) is 0 Å². The summed E-state index contributed by atoms with van der Waals surface area (Å²) in [5.74, 6) is -0.972. The molecule has 1 fully saturated rings. The van der Waals surface area contributed by atoms with E-state index in [9.17, 15) is 22.7 Å². The maximum Gasteiger partial charge on any atom is 0.416 e. The van der Waals surface area contributed by atoms with E-state index in [0.29, 0.717) is 18.9 Å². The zero-order valence-electron chi connectivity index (χ0n) is 7.61. The number of halogens is 4. The second-order valence-corrected chi connectivity index (χ2v) is 3.76. The quantitative estimate of drug-likeness (QED) is 0.721. The predicted molar refractivity (Wildman–Crippen MR) is 44.5 cm³/mol. The molecular formula is C10H8F4O. The summed E-state index contributed by atoms with van der Waals surface area (Å²) >= 11 is 0. The molecule has 1 aromatic rings. The Bertz CT molecular complexity index is 369. The SMILES string of the molecule is OC1(c2cc(F)cc(C(F)(F)F)c2)CC1.